The lowest BCUT2D eigenvalue weighted by Gasteiger charge is -2.23. The van der Waals surface area contributed by atoms with Crippen molar-refractivity contribution in [1.82, 2.24) is 5.32 Å². The maximum Gasteiger partial charge on any atom is 0.0370 e. The van der Waals surface area contributed by atoms with Gasteiger partial charge in [-0.25, -0.2) is 0 Å². The van der Waals surface area contributed by atoms with Gasteiger partial charge in [0.1, 0.15) is 0 Å². The number of hydrogen-bond acceptors (Lipinski definition) is 1. The number of benzene rings is 1. The maximum atomic E-state index is 3.80. The molecule has 1 aliphatic carbocycles. The first kappa shape index (κ1) is 17.5. The molecule has 0 bridgehead atoms. The maximum absolute atomic E-state index is 3.80. The second-order valence-corrected chi connectivity index (χ2v) is 9.18. The summed E-state index contributed by atoms with van der Waals surface area (Å²) in [6, 6.07) is 4.92. The van der Waals surface area contributed by atoms with Gasteiger partial charge in [0, 0.05) is 15.0 Å². The van der Waals surface area contributed by atoms with Gasteiger partial charge in [-0.2, -0.15) is 0 Å². The van der Waals surface area contributed by atoms with Gasteiger partial charge in [-0.3, -0.25) is 0 Å². The van der Waals surface area contributed by atoms with Crippen molar-refractivity contribution in [3.8, 4) is 0 Å². The van der Waals surface area contributed by atoms with Gasteiger partial charge in [0.15, 0.2) is 0 Å². The van der Waals surface area contributed by atoms with Gasteiger partial charge in [-0.1, -0.05) is 66.5 Å². The van der Waals surface area contributed by atoms with Crippen LogP contribution in [0.4, 0.5) is 0 Å². The van der Waals surface area contributed by atoms with Crippen molar-refractivity contribution >= 4 is 31.9 Å². The average molecular weight is 417 g/mol. The number of rotatable bonds is 5. The minimum atomic E-state index is 0.370. The molecule has 1 fully saturated rings. The zero-order valence-electron chi connectivity index (χ0n) is 14.0. The van der Waals surface area contributed by atoms with Crippen LogP contribution in [-0.2, 0) is 0 Å². The Kier molecular flexibility index (Phi) is 4.98. The summed E-state index contributed by atoms with van der Waals surface area (Å²) in [6.45, 7) is 15.0. The molecule has 1 N–H and O–H groups in total. The highest BCUT2D eigenvalue weighted by Crippen LogP contribution is 2.72. The Bertz CT molecular complexity index is 520. The molecular weight excluding hydrogens is 390 g/mol. The predicted molar refractivity (Wildman–Crippen MR) is 98.7 cm³/mol. The van der Waals surface area contributed by atoms with Gasteiger partial charge >= 0.3 is 0 Å². The van der Waals surface area contributed by atoms with Gasteiger partial charge in [0.05, 0.1) is 0 Å². The summed E-state index contributed by atoms with van der Waals surface area (Å²) in [6.07, 6.45) is 1.16. The Labute approximate surface area is 146 Å². The van der Waals surface area contributed by atoms with E-state index in [1.54, 1.807) is 0 Å². The summed E-state index contributed by atoms with van der Waals surface area (Å²) < 4.78 is 2.41. The molecule has 1 unspecified atom stereocenters. The number of aryl methyl sites for hydroxylation is 1. The first-order valence-electron chi connectivity index (χ1n) is 7.83. The van der Waals surface area contributed by atoms with E-state index in [4.69, 9.17) is 0 Å². The molecule has 1 atom stereocenters. The topological polar surface area (TPSA) is 12.0 Å². The highest BCUT2D eigenvalue weighted by atomic mass is 79.9. The Morgan fingerprint density at radius 1 is 1.10 bits per heavy atom. The fourth-order valence-electron chi connectivity index (χ4n) is 3.69. The Morgan fingerprint density at radius 3 is 2.14 bits per heavy atom. The Balaban J connectivity index is 2.41. The zero-order valence-corrected chi connectivity index (χ0v) is 17.2. The van der Waals surface area contributed by atoms with Crippen LogP contribution in [0.1, 0.15) is 58.2 Å². The first-order valence-corrected chi connectivity index (χ1v) is 9.42. The van der Waals surface area contributed by atoms with Crippen LogP contribution >= 0.6 is 31.9 Å². The zero-order chi connectivity index (χ0) is 16.0. The summed E-state index contributed by atoms with van der Waals surface area (Å²) in [4.78, 5) is 0. The lowest BCUT2D eigenvalue weighted by Crippen LogP contribution is -2.26. The van der Waals surface area contributed by atoms with Crippen molar-refractivity contribution in [2.75, 3.05) is 6.54 Å². The van der Waals surface area contributed by atoms with Crippen LogP contribution < -0.4 is 5.32 Å². The third-order valence-electron chi connectivity index (χ3n) is 5.69. The molecule has 118 valence electrons. The van der Waals surface area contributed by atoms with Gasteiger partial charge in [-0.15, -0.1) is 0 Å². The standard InChI is InChI=1S/C18H27Br2N/c1-7-8-21-15(16-17(3,4)18(16,5)6)12-10-13(19)11(2)9-14(12)20/h9-10,15-16,21H,7-8H2,1-6H3. The monoisotopic (exact) mass is 415 g/mol. The van der Waals surface area contributed by atoms with Crippen LogP contribution in [0.5, 0.6) is 0 Å². The molecule has 0 radical (unpaired) electrons. The first-order chi connectivity index (χ1) is 9.64. The number of hydrogen-bond donors (Lipinski definition) is 1. The van der Waals surface area contributed by atoms with E-state index < -0.39 is 0 Å². The molecule has 1 aliphatic rings. The molecule has 3 heteroatoms. The Hall–Kier alpha value is 0.140. The summed E-state index contributed by atoms with van der Waals surface area (Å²) in [5.41, 5.74) is 3.39. The van der Waals surface area contributed by atoms with Gasteiger partial charge < -0.3 is 5.32 Å². The van der Waals surface area contributed by atoms with Crippen LogP contribution in [0, 0.1) is 23.7 Å². The normalized spacial score (nSPS) is 21.3. The molecule has 1 saturated carbocycles. The van der Waals surface area contributed by atoms with E-state index in [1.165, 1.54) is 20.1 Å². The summed E-state index contributed by atoms with van der Waals surface area (Å²) in [5.74, 6) is 0.655. The molecular formula is C18H27Br2N. The molecule has 0 heterocycles. The van der Waals surface area contributed by atoms with Crippen molar-refractivity contribution in [3.63, 3.8) is 0 Å². The van der Waals surface area contributed by atoms with E-state index in [0.717, 1.165) is 13.0 Å². The van der Waals surface area contributed by atoms with Gasteiger partial charge in [0.2, 0.25) is 0 Å². The quantitative estimate of drug-likeness (QED) is 0.598. The predicted octanol–water partition coefficient (Wildman–Crippen LogP) is 6.24. The minimum absolute atomic E-state index is 0.370. The highest BCUT2D eigenvalue weighted by molar-refractivity contribution is 9.11. The average Bonchev–Trinajstić information content (AvgIpc) is 2.78. The van der Waals surface area contributed by atoms with E-state index in [1.807, 2.05) is 0 Å². The summed E-state index contributed by atoms with van der Waals surface area (Å²) >= 11 is 7.48. The van der Waals surface area contributed by atoms with Crippen molar-refractivity contribution in [2.45, 2.75) is 54.0 Å². The molecule has 1 nitrogen and oxygen atoms in total. The fraction of sp³-hybridized carbons (Fsp3) is 0.667. The van der Waals surface area contributed by atoms with Gasteiger partial charge in [0.25, 0.3) is 0 Å². The van der Waals surface area contributed by atoms with Crippen LogP contribution in [0.15, 0.2) is 21.1 Å². The van der Waals surface area contributed by atoms with Gasteiger partial charge in [-0.05, 0) is 59.9 Å². The van der Waals surface area contributed by atoms with Crippen molar-refractivity contribution in [3.05, 3.63) is 32.2 Å². The van der Waals surface area contributed by atoms with Crippen molar-refractivity contribution < 1.29 is 0 Å². The number of halogens is 2. The smallest absolute Gasteiger partial charge is 0.0370 e. The lowest BCUT2D eigenvalue weighted by atomic mass is 9.95. The molecule has 0 aromatic heterocycles. The van der Waals surface area contributed by atoms with Crippen LogP contribution in [0.25, 0.3) is 0 Å². The van der Waals surface area contributed by atoms with Crippen LogP contribution in [-0.4, -0.2) is 6.54 Å². The van der Waals surface area contributed by atoms with E-state index in [0.29, 0.717) is 22.8 Å². The highest BCUT2D eigenvalue weighted by Gasteiger charge is 2.67. The third kappa shape index (κ3) is 2.98. The molecule has 21 heavy (non-hydrogen) atoms. The Morgan fingerprint density at radius 2 is 1.67 bits per heavy atom. The van der Waals surface area contributed by atoms with Crippen molar-refractivity contribution in [1.29, 1.82) is 0 Å². The fourth-order valence-corrected chi connectivity index (χ4v) is 4.75. The molecule has 0 spiro atoms. The molecule has 0 aliphatic heterocycles. The molecule has 2 rings (SSSR count). The van der Waals surface area contributed by atoms with Crippen LogP contribution in [0.3, 0.4) is 0 Å². The third-order valence-corrected chi connectivity index (χ3v) is 7.23. The van der Waals surface area contributed by atoms with Crippen molar-refractivity contribution in [2.24, 2.45) is 16.7 Å². The molecule has 0 saturated heterocycles. The van der Waals surface area contributed by atoms with E-state index in [9.17, 15) is 0 Å². The minimum Gasteiger partial charge on any atom is -0.310 e. The second-order valence-electron chi connectivity index (χ2n) is 7.48. The molecule has 1 aromatic rings. The van der Waals surface area contributed by atoms with E-state index in [2.05, 4.69) is 90.9 Å². The number of nitrogens with one attached hydrogen (secondary N) is 1. The lowest BCUT2D eigenvalue weighted by molar-refractivity contribution is 0.408. The van der Waals surface area contributed by atoms with E-state index in [-0.39, 0.29) is 0 Å². The largest absolute Gasteiger partial charge is 0.310 e. The van der Waals surface area contributed by atoms with Crippen LogP contribution in [0.2, 0.25) is 0 Å². The molecule has 0 amide bonds. The second kappa shape index (κ2) is 5.98. The molecule has 1 aromatic carbocycles. The summed E-state index contributed by atoms with van der Waals surface area (Å²) in [7, 11) is 0. The summed E-state index contributed by atoms with van der Waals surface area (Å²) in [5, 5.41) is 3.80. The SMILES string of the molecule is CCCNC(c1cc(Br)c(C)cc1Br)C1C(C)(C)C1(C)C. The van der Waals surface area contributed by atoms with E-state index >= 15 is 0 Å².